The number of aliphatic imine (C=N–C) groups is 1. The van der Waals surface area contributed by atoms with Crippen molar-refractivity contribution in [1.82, 2.24) is 15.0 Å². The largest absolute Gasteiger partial charge is 0.355 e. The molecule has 7 rings (SSSR count). The van der Waals surface area contributed by atoms with Gasteiger partial charge in [-0.3, -0.25) is 9.98 Å². The summed E-state index contributed by atoms with van der Waals surface area (Å²) in [6, 6.07) is 9.21. The van der Waals surface area contributed by atoms with Gasteiger partial charge in [-0.05, 0) is 61.3 Å². The highest BCUT2D eigenvalue weighted by atomic mass is 19.1. The monoisotopic (exact) mass is 469 g/mol. The van der Waals surface area contributed by atoms with Gasteiger partial charge in [-0.25, -0.2) is 14.4 Å². The summed E-state index contributed by atoms with van der Waals surface area (Å²) < 4.78 is 14.5. The molecule has 0 amide bonds. The van der Waals surface area contributed by atoms with Crippen LogP contribution in [0.3, 0.4) is 0 Å². The van der Waals surface area contributed by atoms with Crippen LogP contribution in [0.5, 0.6) is 0 Å². The number of hydrogen-bond donors (Lipinski definition) is 1. The molecule has 7 nitrogen and oxygen atoms in total. The summed E-state index contributed by atoms with van der Waals surface area (Å²) in [6.45, 7) is 3.15. The van der Waals surface area contributed by atoms with Crippen LogP contribution in [-0.2, 0) is 19.4 Å². The fourth-order valence-electron chi connectivity index (χ4n) is 6.47. The van der Waals surface area contributed by atoms with Crippen LogP contribution in [0.1, 0.15) is 53.5 Å². The number of fused-ring (bicyclic) bond motifs is 3. The first-order valence-electron chi connectivity index (χ1n) is 12.5. The number of piperidine rings is 1. The summed E-state index contributed by atoms with van der Waals surface area (Å²) in [6.07, 6.45) is 8.48. The second-order valence-electron chi connectivity index (χ2n) is 10.2. The zero-order valence-corrected chi connectivity index (χ0v) is 19.6. The van der Waals surface area contributed by atoms with Gasteiger partial charge in [0.2, 0.25) is 0 Å². The molecule has 1 aromatic carbocycles. The smallest absolute Gasteiger partial charge is 0.156 e. The predicted octanol–water partition coefficient (Wildman–Crippen LogP) is 3.57. The fraction of sp³-hybridized carbons (Fsp3) is 0.407. The molecule has 0 saturated carbocycles. The van der Waals surface area contributed by atoms with Crippen molar-refractivity contribution in [1.29, 1.82) is 0 Å². The molecule has 0 radical (unpaired) electrons. The molecule has 1 fully saturated rings. The number of benzene rings is 1. The molecule has 3 aromatic rings. The van der Waals surface area contributed by atoms with Crippen molar-refractivity contribution in [3.63, 3.8) is 0 Å². The highest BCUT2D eigenvalue weighted by Crippen LogP contribution is 2.51. The van der Waals surface area contributed by atoms with Crippen molar-refractivity contribution in [2.45, 2.75) is 44.7 Å². The van der Waals surface area contributed by atoms with Gasteiger partial charge in [0.1, 0.15) is 17.3 Å². The van der Waals surface area contributed by atoms with Crippen molar-refractivity contribution >= 4 is 17.3 Å². The zero-order valence-electron chi connectivity index (χ0n) is 19.6. The Morgan fingerprint density at radius 3 is 2.77 bits per heavy atom. The highest BCUT2D eigenvalue weighted by molar-refractivity contribution is 6.11. The Hall–Kier alpha value is -3.39. The van der Waals surface area contributed by atoms with E-state index >= 15 is 0 Å². The Morgan fingerprint density at radius 1 is 1.03 bits per heavy atom. The number of anilines is 2. The molecule has 2 N–H and O–H groups in total. The topological polar surface area (TPSA) is 83.5 Å². The van der Waals surface area contributed by atoms with E-state index in [0.29, 0.717) is 6.54 Å². The number of halogens is 1. The molecule has 1 atom stereocenters. The summed E-state index contributed by atoms with van der Waals surface area (Å²) >= 11 is 0. The number of pyridine rings is 1. The van der Waals surface area contributed by atoms with Crippen molar-refractivity contribution in [2.24, 2.45) is 16.1 Å². The molecular weight excluding hydrogens is 441 g/mol. The fourth-order valence-corrected chi connectivity index (χ4v) is 6.47. The van der Waals surface area contributed by atoms with Crippen LogP contribution in [0.25, 0.3) is 0 Å². The first-order chi connectivity index (χ1) is 17.1. The molecule has 35 heavy (non-hydrogen) atoms. The third kappa shape index (κ3) is 3.19. The van der Waals surface area contributed by atoms with E-state index in [4.69, 9.17) is 20.7 Å². The van der Waals surface area contributed by atoms with Crippen molar-refractivity contribution in [3.05, 3.63) is 76.8 Å². The lowest BCUT2D eigenvalue weighted by atomic mass is 9.73. The predicted molar refractivity (Wildman–Crippen MR) is 133 cm³/mol. The van der Waals surface area contributed by atoms with E-state index in [1.165, 1.54) is 6.07 Å². The van der Waals surface area contributed by atoms with Gasteiger partial charge in [-0.15, -0.1) is 0 Å². The van der Waals surface area contributed by atoms with Crippen molar-refractivity contribution in [2.75, 3.05) is 29.4 Å². The second kappa shape index (κ2) is 7.81. The van der Waals surface area contributed by atoms with E-state index in [9.17, 15) is 4.39 Å². The molecule has 3 aliphatic heterocycles. The van der Waals surface area contributed by atoms with E-state index in [-0.39, 0.29) is 17.3 Å². The van der Waals surface area contributed by atoms with Gasteiger partial charge >= 0.3 is 0 Å². The average Bonchev–Trinajstić information content (AvgIpc) is 3.43. The Labute approximate surface area is 203 Å². The minimum absolute atomic E-state index is 0.0723. The van der Waals surface area contributed by atoms with Crippen LogP contribution < -0.4 is 15.5 Å². The van der Waals surface area contributed by atoms with Crippen molar-refractivity contribution < 1.29 is 4.39 Å². The van der Waals surface area contributed by atoms with Gasteiger partial charge < -0.3 is 15.5 Å². The van der Waals surface area contributed by atoms with Gasteiger partial charge in [0, 0.05) is 37.4 Å². The highest BCUT2D eigenvalue weighted by Gasteiger charge is 2.47. The Morgan fingerprint density at radius 2 is 1.91 bits per heavy atom. The molecule has 1 spiro atoms. The summed E-state index contributed by atoms with van der Waals surface area (Å²) in [4.78, 5) is 23.7. The molecule has 8 heteroatoms. The average molecular weight is 470 g/mol. The minimum atomic E-state index is -0.246. The molecule has 4 aliphatic rings. The summed E-state index contributed by atoms with van der Waals surface area (Å²) in [5.74, 6) is 1.63. The maximum atomic E-state index is 14.5. The number of nitrogens with zero attached hydrogens (tertiary/aromatic N) is 6. The maximum absolute atomic E-state index is 14.5. The third-order valence-electron chi connectivity index (χ3n) is 8.37. The zero-order chi connectivity index (χ0) is 23.6. The van der Waals surface area contributed by atoms with Gasteiger partial charge in [0.15, 0.2) is 5.84 Å². The molecule has 178 valence electrons. The first-order valence-corrected chi connectivity index (χ1v) is 12.5. The number of hydrogen-bond acceptors (Lipinski definition) is 7. The maximum Gasteiger partial charge on any atom is 0.156 e. The van der Waals surface area contributed by atoms with Gasteiger partial charge in [-0.2, -0.15) is 0 Å². The summed E-state index contributed by atoms with van der Waals surface area (Å²) in [5, 5.41) is 0. The van der Waals surface area contributed by atoms with Crippen molar-refractivity contribution in [3.8, 4) is 0 Å². The van der Waals surface area contributed by atoms with Crippen LogP contribution in [0.4, 0.5) is 15.9 Å². The van der Waals surface area contributed by atoms with Crippen LogP contribution in [0.2, 0.25) is 0 Å². The lowest BCUT2D eigenvalue weighted by Gasteiger charge is -2.42. The number of nitrogens with two attached hydrogens (primary N) is 1. The van der Waals surface area contributed by atoms with E-state index in [0.717, 1.165) is 97.3 Å². The Balaban J connectivity index is 1.09. The number of aryl methyl sites for hydroxylation is 1. The Bertz CT molecular complexity index is 1350. The SMILES string of the molecule is N[C@@H]1c2c(F)cccc2CC12CCN(c1cnc3c(n1)CN=C3N1CCCc3ncccc31)CC2. The Kier molecular flexibility index (Phi) is 4.67. The summed E-state index contributed by atoms with van der Waals surface area (Å²) in [5.41, 5.74) is 12.4. The van der Waals surface area contributed by atoms with Crippen LogP contribution >= 0.6 is 0 Å². The number of amidine groups is 1. The number of aromatic nitrogens is 3. The molecule has 0 unspecified atom stereocenters. The van der Waals surface area contributed by atoms with Gasteiger partial charge in [0.05, 0.1) is 29.8 Å². The number of rotatable bonds is 1. The summed E-state index contributed by atoms with van der Waals surface area (Å²) in [7, 11) is 0. The first kappa shape index (κ1) is 20.9. The van der Waals surface area contributed by atoms with E-state index < -0.39 is 0 Å². The minimum Gasteiger partial charge on any atom is -0.355 e. The second-order valence-corrected chi connectivity index (χ2v) is 10.2. The van der Waals surface area contributed by atoms with Crippen LogP contribution in [0, 0.1) is 11.2 Å². The van der Waals surface area contributed by atoms with Crippen LogP contribution in [-0.4, -0.2) is 40.4 Å². The van der Waals surface area contributed by atoms with E-state index in [1.54, 1.807) is 6.07 Å². The van der Waals surface area contributed by atoms with Gasteiger partial charge in [0.25, 0.3) is 0 Å². The van der Waals surface area contributed by atoms with Gasteiger partial charge in [-0.1, -0.05) is 12.1 Å². The lowest BCUT2D eigenvalue weighted by Crippen LogP contribution is -2.44. The van der Waals surface area contributed by atoms with E-state index in [2.05, 4.69) is 20.9 Å². The lowest BCUT2D eigenvalue weighted by molar-refractivity contribution is 0.185. The standard InChI is InChI=1S/C27H28FN7/c28-18-5-1-4-17-14-27(25(29)23(17)18)8-12-34(13-9-27)22-16-31-24-20(33-22)15-32-26(24)35-11-3-6-19-21(35)7-2-10-30-19/h1-2,4-5,7,10,16,25H,3,6,8-9,11-15,29H2/t25-/m1/s1. The third-order valence-corrected chi connectivity index (χ3v) is 8.37. The molecule has 2 aromatic heterocycles. The molecule has 1 saturated heterocycles. The normalized spacial score (nSPS) is 22.1. The molecule has 5 heterocycles. The van der Waals surface area contributed by atoms with E-state index in [1.807, 2.05) is 24.5 Å². The molecule has 1 aliphatic carbocycles. The quantitative estimate of drug-likeness (QED) is 0.587. The molecule has 0 bridgehead atoms. The van der Waals surface area contributed by atoms with Crippen LogP contribution in [0.15, 0.2) is 47.7 Å². The molecular formula is C27H28FN7.